The van der Waals surface area contributed by atoms with E-state index in [0.29, 0.717) is 5.75 Å². The van der Waals surface area contributed by atoms with Crippen LogP contribution in [0.2, 0.25) is 0 Å². The summed E-state index contributed by atoms with van der Waals surface area (Å²) in [5.74, 6) is 0.457. The molecule has 1 atom stereocenters. The molecule has 0 unspecified atom stereocenters. The van der Waals surface area contributed by atoms with Crippen molar-refractivity contribution in [2.75, 3.05) is 18.1 Å². The van der Waals surface area contributed by atoms with Crippen LogP contribution in [0, 0.1) is 11.3 Å². The Morgan fingerprint density at radius 3 is 3.00 bits per heavy atom. The Kier molecular flexibility index (Phi) is 6.53. The van der Waals surface area contributed by atoms with E-state index >= 15 is 0 Å². The molecule has 12 heavy (non-hydrogen) atoms. The first-order valence-electron chi connectivity index (χ1n) is 3.56. The number of nitrogens with zero attached hydrogens (tertiary/aromatic N) is 1. The molecule has 0 heterocycles. The molecule has 68 valence electrons. The lowest BCUT2D eigenvalue weighted by atomic mass is 10.4. The lowest BCUT2D eigenvalue weighted by molar-refractivity contribution is -0.118. The van der Waals surface area contributed by atoms with E-state index in [4.69, 9.17) is 10.4 Å². The van der Waals surface area contributed by atoms with Gasteiger partial charge in [-0.15, -0.1) is 11.8 Å². The zero-order chi connectivity index (χ0) is 9.40. The highest BCUT2D eigenvalue weighted by Gasteiger charge is 2.01. The summed E-state index contributed by atoms with van der Waals surface area (Å²) in [6.07, 6.45) is -0.519. The number of aliphatic hydroxyl groups is 1. The minimum Gasteiger partial charge on any atom is -0.392 e. The Hall–Kier alpha value is -0.730. The predicted molar refractivity (Wildman–Crippen MR) is 47.6 cm³/mol. The van der Waals surface area contributed by atoms with Gasteiger partial charge in [-0.2, -0.15) is 5.26 Å². The lowest BCUT2D eigenvalue weighted by Crippen LogP contribution is -2.31. The number of thioether (sulfide) groups is 1. The maximum atomic E-state index is 10.9. The fourth-order valence-corrected chi connectivity index (χ4v) is 0.983. The van der Waals surface area contributed by atoms with E-state index in [-0.39, 0.29) is 18.2 Å². The van der Waals surface area contributed by atoms with E-state index in [1.54, 1.807) is 6.92 Å². The molecule has 0 fully saturated rings. The normalized spacial score (nSPS) is 11.8. The average Bonchev–Trinajstić information content (AvgIpc) is 2.01. The number of aliphatic hydroxyl groups excluding tert-OH is 1. The summed E-state index contributed by atoms with van der Waals surface area (Å²) in [7, 11) is 0. The molecule has 0 radical (unpaired) electrons. The molecule has 0 aromatic rings. The summed E-state index contributed by atoms with van der Waals surface area (Å²) < 4.78 is 0. The van der Waals surface area contributed by atoms with Crippen molar-refractivity contribution in [1.29, 1.82) is 5.26 Å². The molecule has 0 aliphatic heterocycles. The number of amides is 1. The molecular weight excluding hydrogens is 176 g/mol. The Bertz CT molecular complexity index is 177. The molecule has 0 aromatic heterocycles. The zero-order valence-electron chi connectivity index (χ0n) is 6.91. The minimum absolute atomic E-state index is 0.142. The molecule has 5 heteroatoms. The van der Waals surface area contributed by atoms with Crippen LogP contribution < -0.4 is 5.32 Å². The summed E-state index contributed by atoms with van der Waals surface area (Å²) in [5, 5.41) is 19.5. The first-order chi connectivity index (χ1) is 5.66. The molecule has 0 aliphatic carbocycles. The van der Waals surface area contributed by atoms with Crippen molar-refractivity contribution in [2.24, 2.45) is 0 Å². The van der Waals surface area contributed by atoms with Gasteiger partial charge in [0.1, 0.15) is 0 Å². The van der Waals surface area contributed by atoms with Crippen molar-refractivity contribution < 1.29 is 9.90 Å². The highest BCUT2D eigenvalue weighted by atomic mass is 32.2. The van der Waals surface area contributed by atoms with E-state index in [0.717, 1.165) is 0 Å². The van der Waals surface area contributed by atoms with Crippen LogP contribution in [0.15, 0.2) is 0 Å². The van der Waals surface area contributed by atoms with Gasteiger partial charge in [0, 0.05) is 6.54 Å². The smallest absolute Gasteiger partial charge is 0.230 e. The largest absolute Gasteiger partial charge is 0.392 e. The fourth-order valence-electron chi connectivity index (χ4n) is 0.502. The monoisotopic (exact) mass is 188 g/mol. The Balaban J connectivity index is 3.29. The molecule has 0 bridgehead atoms. The summed E-state index contributed by atoms with van der Waals surface area (Å²) in [6.45, 7) is 1.87. The maximum absolute atomic E-state index is 10.9. The van der Waals surface area contributed by atoms with Crippen molar-refractivity contribution >= 4 is 17.7 Å². The molecule has 4 nitrogen and oxygen atoms in total. The summed E-state index contributed by atoms with van der Waals surface area (Å²) in [5.41, 5.74) is 0. The van der Waals surface area contributed by atoms with Gasteiger partial charge in [0.25, 0.3) is 0 Å². The molecule has 2 N–H and O–H groups in total. The van der Waals surface area contributed by atoms with E-state index in [2.05, 4.69) is 5.32 Å². The quantitative estimate of drug-likeness (QED) is 0.583. The summed E-state index contributed by atoms with van der Waals surface area (Å²) in [6, 6.07) is 1.92. The van der Waals surface area contributed by atoms with E-state index in [1.165, 1.54) is 11.8 Å². The second kappa shape index (κ2) is 6.95. The van der Waals surface area contributed by atoms with Gasteiger partial charge in [-0.05, 0) is 6.92 Å². The molecule has 1 amide bonds. The fraction of sp³-hybridized carbons (Fsp3) is 0.714. The number of rotatable bonds is 5. The average molecular weight is 188 g/mol. The third-order valence-corrected chi connectivity index (χ3v) is 1.79. The van der Waals surface area contributed by atoms with Crippen LogP contribution >= 0.6 is 11.8 Å². The Labute approximate surface area is 76.0 Å². The highest BCUT2D eigenvalue weighted by Crippen LogP contribution is 1.96. The Morgan fingerprint density at radius 1 is 1.83 bits per heavy atom. The molecule has 0 aliphatic rings. The van der Waals surface area contributed by atoms with Gasteiger partial charge in [0.15, 0.2) is 0 Å². The number of hydrogen-bond acceptors (Lipinski definition) is 4. The van der Waals surface area contributed by atoms with Gasteiger partial charge in [0.2, 0.25) is 5.91 Å². The van der Waals surface area contributed by atoms with Crippen molar-refractivity contribution in [3.63, 3.8) is 0 Å². The standard InChI is InChI=1S/C7H12N2O2S/c1-6(10)4-9-7(11)5-12-3-2-8/h6,10H,3-5H2,1H3,(H,9,11)/t6-/m1/s1. The third-order valence-electron chi connectivity index (χ3n) is 0.994. The van der Waals surface area contributed by atoms with Crippen molar-refractivity contribution in [2.45, 2.75) is 13.0 Å². The molecular formula is C7H12N2O2S. The van der Waals surface area contributed by atoms with E-state index in [1.807, 2.05) is 6.07 Å². The number of nitrogens with one attached hydrogen (secondary N) is 1. The van der Waals surface area contributed by atoms with Gasteiger partial charge in [-0.25, -0.2) is 0 Å². The summed E-state index contributed by atoms with van der Waals surface area (Å²) in [4.78, 5) is 10.9. The first kappa shape index (κ1) is 11.3. The molecule has 0 rings (SSSR count). The van der Waals surface area contributed by atoms with Crippen molar-refractivity contribution in [1.82, 2.24) is 5.32 Å². The van der Waals surface area contributed by atoms with Crippen LogP contribution in [0.4, 0.5) is 0 Å². The Morgan fingerprint density at radius 2 is 2.50 bits per heavy atom. The van der Waals surface area contributed by atoms with Crippen LogP contribution in [0.5, 0.6) is 0 Å². The van der Waals surface area contributed by atoms with Crippen LogP contribution in [0.3, 0.4) is 0 Å². The lowest BCUT2D eigenvalue weighted by Gasteiger charge is -2.05. The van der Waals surface area contributed by atoms with Crippen LogP contribution in [0.1, 0.15) is 6.92 Å². The van der Waals surface area contributed by atoms with Gasteiger partial charge in [-0.3, -0.25) is 4.79 Å². The summed E-state index contributed by atoms with van der Waals surface area (Å²) >= 11 is 1.26. The highest BCUT2D eigenvalue weighted by molar-refractivity contribution is 8.00. The molecule has 0 aromatic carbocycles. The van der Waals surface area contributed by atoms with Crippen LogP contribution in [-0.2, 0) is 4.79 Å². The first-order valence-corrected chi connectivity index (χ1v) is 4.71. The molecule has 0 saturated heterocycles. The number of nitriles is 1. The van der Waals surface area contributed by atoms with Gasteiger partial charge in [0.05, 0.1) is 23.7 Å². The van der Waals surface area contributed by atoms with Gasteiger partial charge >= 0.3 is 0 Å². The molecule has 0 saturated carbocycles. The number of carbonyl (C=O) groups is 1. The van der Waals surface area contributed by atoms with Crippen LogP contribution in [-0.4, -0.2) is 35.2 Å². The second-order valence-electron chi connectivity index (χ2n) is 2.30. The van der Waals surface area contributed by atoms with Gasteiger partial charge < -0.3 is 10.4 Å². The second-order valence-corrected chi connectivity index (χ2v) is 3.29. The zero-order valence-corrected chi connectivity index (χ0v) is 7.73. The maximum Gasteiger partial charge on any atom is 0.230 e. The number of hydrogen-bond donors (Lipinski definition) is 2. The topological polar surface area (TPSA) is 73.1 Å². The SMILES string of the molecule is C[C@@H](O)CNC(=O)CSCC#N. The van der Waals surface area contributed by atoms with E-state index in [9.17, 15) is 4.79 Å². The van der Waals surface area contributed by atoms with Crippen molar-refractivity contribution in [3.8, 4) is 6.07 Å². The van der Waals surface area contributed by atoms with E-state index < -0.39 is 6.10 Å². The van der Waals surface area contributed by atoms with Crippen LogP contribution in [0.25, 0.3) is 0 Å². The van der Waals surface area contributed by atoms with Gasteiger partial charge in [-0.1, -0.05) is 0 Å². The van der Waals surface area contributed by atoms with Crippen molar-refractivity contribution in [3.05, 3.63) is 0 Å². The minimum atomic E-state index is -0.519. The number of carbonyl (C=O) groups excluding carboxylic acids is 1. The predicted octanol–water partition coefficient (Wildman–Crippen LogP) is -0.260. The third kappa shape index (κ3) is 7.38. The molecule has 0 spiro atoms.